The smallest absolute Gasteiger partial charge is 0.292 e. The molecule has 0 aromatic heterocycles. The van der Waals surface area contributed by atoms with Crippen LogP contribution in [0.1, 0.15) is 34.1 Å². The highest BCUT2D eigenvalue weighted by molar-refractivity contribution is 7.57. The fourth-order valence-corrected chi connectivity index (χ4v) is 2.96. The largest absolute Gasteiger partial charge is 0.302 e. The monoisotopic (exact) mass is 248 g/mol. The van der Waals surface area contributed by atoms with Crippen LogP contribution < -0.4 is 15.4 Å². The summed E-state index contributed by atoms with van der Waals surface area (Å²) in [6.07, 6.45) is 0.260. The van der Waals surface area contributed by atoms with Crippen LogP contribution >= 0.6 is 7.59 Å². The number of rotatable bonds is 8. The number of hydrogen-bond acceptors (Lipinski definition) is 3. The van der Waals surface area contributed by atoms with Crippen LogP contribution in [0.2, 0.25) is 0 Å². The zero-order valence-corrected chi connectivity index (χ0v) is 11.2. The summed E-state index contributed by atoms with van der Waals surface area (Å²) in [7, 11) is -2.95. The molecule has 0 bridgehead atoms. The third kappa shape index (κ3) is 7.80. The molecule has 0 unspecified atom stereocenters. The molecule has 0 amide bonds. The Labute approximate surface area is 97.2 Å². The van der Waals surface area contributed by atoms with Gasteiger partial charge >= 0.3 is 7.59 Å². The fourth-order valence-electron chi connectivity index (χ4n) is 1.05. The fraction of sp³-hybridized carbons (Fsp3) is 0.889. The molecule has 0 spiro atoms. The highest BCUT2D eigenvalue weighted by atomic mass is 31.2. The van der Waals surface area contributed by atoms with Crippen LogP contribution in [0.15, 0.2) is 0 Å². The summed E-state index contributed by atoms with van der Waals surface area (Å²) >= 11 is 0. The number of nitriles is 1. The van der Waals surface area contributed by atoms with Gasteiger partial charge in [0.25, 0.3) is 0 Å². The SMILES string of the molecule is CC(C)NP(=O)(NOCCC#N)NC(C)C. The van der Waals surface area contributed by atoms with Crippen LogP contribution in [0.4, 0.5) is 0 Å². The van der Waals surface area contributed by atoms with Gasteiger partial charge in [-0.15, -0.1) is 5.25 Å². The third-order valence-electron chi connectivity index (χ3n) is 1.39. The molecule has 0 aromatic carbocycles. The molecule has 0 aliphatic carbocycles. The van der Waals surface area contributed by atoms with E-state index in [-0.39, 0.29) is 25.1 Å². The molecule has 3 N–H and O–H groups in total. The second-order valence-corrected chi connectivity index (χ2v) is 5.94. The molecule has 7 heteroatoms. The van der Waals surface area contributed by atoms with Crippen molar-refractivity contribution in [2.75, 3.05) is 6.61 Å². The first-order valence-electron chi connectivity index (χ1n) is 5.31. The summed E-state index contributed by atoms with van der Waals surface area (Å²) in [6.45, 7) is 7.79. The van der Waals surface area contributed by atoms with E-state index in [1.807, 2.05) is 33.8 Å². The van der Waals surface area contributed by atoms with Crippen molar-refractivity contribution in [1.29, 1.82) is 5.26 Å². The minimum atomic E-state index is -2.95. The molecule has 0 saturated carbocycles. The van der Waals surface area contributed by atoms with E-state index in [9.17, 15) is 4.57 Å². The van der Waals surface area contributed by atoms with Crippen molar-refractivity contribution in [3.05, 3.63) is 0 Å². The van der Waals surface area contributed by atoms with E-state index in [2.05, 4.69) is 15.4 Å². The van der Waals surface area contributed by atoms with E-state index in [0.29, 0.717) is 0 Å². The number of nitrogens with zero attached hydrogens (tertiary/aromatic N) is 1. The zero-order valence-electron chi connectivity index (χ0n) is 10.3. The molecule has 0 atom stereocenters. The molecular weight excluding hydrogens is 227 g/mol. The summed E-state index contributed by atoms with van der Waals surface area (Å²) < 4.78 is 12.3. The van der Waals surface area contributed by atoms with Crippen molar-refractivity contribution < 1.29 is 9.40 Å². The lowest BCUT2D eigenvalue weighted by atomic mass is 10.4. The van der Waals surface area contributed by atoms with Gasteiger partial charge in [-0.2, -0.15) is 5.26 Å². The molecule has 16 heavy (non-hydrogen) atoms. The molecule has 0 saturated heterocycles. The molecule has 0 aromatic rings. The molecule has 0 aliphatic rings. The Kier molecular flexibility index (Phi) is 7.56. The summed E-state index contributed by atoms with van der Waals surface area (Å²) in [5.41, 5.74) is 0. The lowest BCUT2D eigenvalue weighted by molar-refractivity contribution is 0.0933. The van der Waals surface area contributed by atoms with E-state index < -0.39 is 7.59 Å². The van der Waals surface area contributed by atoms with Crippen LogP contribution in [-0.2, 0) is 9.40 Å². The quantitative estimate of drug-likeness (QED) is 0.343. The highest BCUT2D eigenvalue weighted by Gasteiger charge is 2.23. The molecule has 94 valence electrons. The summed E-state index contributed by atoms with van der Waals surface area (Å²) in [5, 5.41) is 16.6. The van der Waals surface area contributed by atoms with Gasteiger partial charge in [-0.25, -0.2) is 10.2 Å². The average Bonchev–Trinajstić information content (AvgIpc) is 2.09. The predicted octanol–water partition coefficient (Wildman–Crippen LogP) is 1.53. The maximum absolute atomic E-state index is 12.3. The lowest BCUT2D eigenvalue weighted by Crippen LogP contribution is -2.38. The first kappa shape index (κ1) is 15.6. The van der Waals surface area contributed by atoms with Crippen LogP contribution in [0, 0.1) is 11.3 Å². The lowest BCUT2D eigenvalue weighted by Gasteiger charge is -2.24. The number of hydrogen-bond donors (Lipinski definition) is 3. The maximum atomic E-state index is 12.3. The number of nitrogens with one attached hydrogen (secondary N) is 3. The van der Waals surface area contributed by atoms with Gasteiger partial charge in [-0.05, 0) is 27.7 Å². The van der Waals surface area contributed by atoms with Gasteiger partial charge in [0.2, 0.25) is 0 Å². The molecule has 0 fully saturated rings. The van der Waals surface area contributed by atoms with Crippen LogP contribution in [0.3, 0.4) is 0 Å². The van der Waals surface area contributed by atoms with E-state index in [1.165, 1.54) is 0 Å². The Morgan fingerprint density at radius 3 is 2.12 bits per heavy atom. The third-order valence-corrected chi connectivity index (χ3v) is 3.54. The van der Waals surface area contributed by atoms with Gasteiger partial charge in [0.05, 0.1) is 19.1 Å². The molecule has 0 rings (SSSR count). The molecule has 0 aliphatic heterocycles. The van der Waals surface area contributed by atoms with Crippen molar-refractivity contribution in [3.63, 3.8) is 0 Å². The van der Waals surface area contributed by atoms with E-state index in [1.54, 1.807) is 0 Å². The molecular formula is C9H21N4O2P. The Morgan fingerprint density at radius 1 is 1.25 bits per heavy atom. The van der Waals surface area contributed by atoms with Gasteiger partial charge in [0.1, 0.15) is 0 Å². The predicted molar refractivity (Wildman–Crippen MR) is 63.5 cm³/mol. The second-order valence-electron chi connectivity index (χ2n) is 4.02. The zero-order chi connectivity index (χ0) is 12.6. The van der Waals surface area contributed by atoms with Gasteiger partial charge in [0.15, 0.2) is 0 Å². The Balaban J connectivity index is 4.20. The van der Waals surface area contributed by atoms with Crippen molar-refractivity contribution in [2.24, 2.45) is 0 Å². The van der Waals surface area contributed by atoms with E-state index in [4.69, 9.17) is 10.1 Å². The standard InChI is InChI=1S/C9H21N4O2P/c1-8(2)11-16(14,12-9(3)4)13-15-7-5-6-10/h8-9H,5,7H2,1-4H3,(H3,11,12,13,14). The Morgan fingerprint density at radius 2 is 1.75 bits per heavy atom. The summed E-state index contributed by atoms with van der Waals surface area (Å²) in [6, 6.07) is 2.06. The van der Waals surface area contributed by atoms with Gasteiger partial charge in [-0.1, -0.05) is 0 Å². The molecule has 6 nitrogen and oxygen atoms in total. The minimum absolute atomic E-state index is 0.0594. The second kappa shape index (κ2) is 7.77. The van der Waals surface area contributed by atoms with Crippen molar-refractivity contribution >= 4 is 7.59 Å². The van der Waals surface area contributed by atoms with Crippen molar-refractivity contribution in [3.8, 4) is 6.07 Å². The van der Waals surface area contributed by atoms with Crippen LogP contribution in [-0.4, -0.2) is 18.7 Å². The molecule has 0 radical (unpaired) electrons. The Hall–Kier alpha value is -0.440. The van der Waals surface area contributed by atoms with E-state index in [0.717, 1.165) is 0 Å². The summed E-state index contributed by atoms with van der Waals surface area (Å²) in [5.74, 6) is 0. The maximum Gasteiger partial charge on any atom is 0.302 e. The first-order valence-corrected chi connectivity index (χ1v) is 7.02. The summed E-state index contributed by atoms with van der Waals surface area (Å²) in [4.78, 5) is 4.98. The highest BCUT2D eigenvalue weighted by Crippen LogP contribution is 2.31. The Bertz CT molecular complexity index is 261. The van der Waals surface area contributed by atoms with Crippen molar-refractivity contribution in [2.45, 2.75) is 46.2 Å². The van der Waals surface area contributed by atoms with Gasteiger partial charge in [0, 0.05) is 12.1 Å². The van der Waals surface area contributed by atoms with E-state index >= 15 is 0 Å². The van der Waals surface area contributed by atoms with Gasteiger partial charge in [-0.3, -0.25) is 9.40 Å². The normalized spacial score (nSPS) is 12.1. The molecule has 0 heterocycles. The van der Waals surface area contributed by atoms with Crippen molar-refractivity contribution in [1.82, 2.24) is 15.4 Å². The average molecular weight is 248 g/mol. The van der Waals surface area contributed by atoms with Crippen LogP contribution in [0.5, 0.6) is 0 Å². The minimum Gasteiger partial charge on any atom is -0.292 e. The van der Waals surface area contributed by atoms with Gasteiger partial charge < -0.3 is 0 Å². The first-order chi connectivity index (χ1) is 7.39. The van der Waals surface area contributed by atoms with Crippen LogP contribution in [0.25, 0.3) is 0 Å². The topological polar surface area (TPSA) is 86.2 Å².